The summed E-state index contributed by atoms with van der Waals surface area (Å²) in [6, 6.07) is 10.7. The molecule has 1 fully saturated rings. The van der Waals surface area contributed by atoms with Crippen molar-refractivity contribution >= 4 is 34.8 Å². The molecule has 2 amide bonds. The average Bonchev–Trinajstić information content (AvgIpc) is 3.20. The zero-order chi connectivity index (χ0) is 24.1. The molecule has 33 heavy (non-hydrogen) atoms. The number of para-hydroxylation sites is 2. The minimum Gasteiger partial charge on any atom is -0.495 e. The van der Waals surface area contributed by atoms with Gasteiger partial charge in [-0.2, -0.15) is 0 Å². The fourth-order valence-electron chi connectivity index (χ4n) is 3.42. The third-order valence-corrected chi connectivity index (χ3v) is 5.15. The second-order valence-corrected chi connectivity index (χ2v) is 7.29. The zero-order valence-electron chi connectivity index (χ0n) is 18.3. The van der Waals surface area contributed by atoms with Crippen molar-refractivity contribution in [3.05, 3.63) is 52.6 Å². The van der Waals surface area contributed by atoms with Crippen LogP contribution in [0.25, 0.3) is 0 Å². The van der Waals surface area contributed by atoms with Crippen molar-refractivity contribution < 1.29 is 33.5 Å². The van der Waals surface area contributed by atoms with Gasteiger partial charge in [0.2, 0.25) is 5.91 Å². The molecule has 174 valence electrons. The number of carbonyl (C=O) groups is 3. The number of benzene rings is 2. The number of nitro groups is 1. The quantitative estimate of drug-likeness (QED) is 0.363. The Morgan fingerprint density at radius 1 is 1.15 bits per heavy atom. The number of carbonyl (C=O) groups excluding carboxylic acids is 3. The Labute approximate surface area is 189 Å². The lowest BCUT2D eigenvalue weighted by Crippen LogP contribution is -2.33. The minimum atomic E-state index is -1.21. The molecule has 1 heterocycles. The molecule has 2 unspecified atom stereocenters. The topological polar surface area (TPSA) is 137 Å². The zero-order valence-corrected chi connectivity index (χ0v) is 18.3. The molecular formula is C22H23N3O8. The van der Waals surface area contributed by atoms with Crippen LogP contribution in [-0.4, -0.2) is 49.6 Å². The van der Waals surface area contributed by atoms with E-state index in [1.54, 1.807) is 24.3 Å². The standard InChI is InChI=1S/C22H23N3O8/c1-13(21(27)23-16-11-15(25(29)30)8-9-18(16)31-2)33-22(28)14-10-20(26)24(12-14)17-6-4-5-7-19(17)32-3/h4-9,11,13-14H,10,12H2,1-3H3,(H,23,27). The Balaban J connectivity index is 1.65. The number of hydrogen-bond acceptors (Lipinski definition) is 8. The number of ether oxygens (including phenoxy) is 3. The predicted octanol–water partition coefficient (Wildman–Crippen LogP) is 2.54. The van der Waals surface area contributed by atoms with Crippen LogP contribution < -0.4 is 19.7 Å². The van der Waals surface area contributed by atoms with Crippen molar-refractivity contribution in [2.24, 2.45) is 5.92 Å². The summed E-state index contributed by atoms with van der Waals surface area (Å²) in [5, 5.41) is 13.5. The number of nitrogens with one attached hydrogen (secondary N) is 1. The first-order valence-corrected chi connectivity index (χ1v) is 10.0. The van der Waals surface area contributed by atoms with Gasteiger partial charge in [0.25, 0.3) is 11.6 Å². The summed E-state index contributed by atoms with van der Waals surface area (Å²) in [5.41, 5.74) is 0.374. The number of rotatable bonds is 8. The largest absolute Gasteiger partial charge is 0.495 e. The summed E-state index contributed by atoms with van der Waals surface area (Å²) in [5.74, 6) is -1.72. The first-order valence-electron chi connectivity index (χ1n) is 10.0. The lowest BCUT2D eigenvalue weighted by molar-refractivity contribution is -0.384. The average molecular weight is 457 g/mol. The van der Waals surface area contributed by atoms with Gasteiger partial charge in [0.1, 0.15) is 11.5 Å². The number of non-ortho nitro benzene ring substituents is 1. The summed E-state index contributed by atoms with van der Waals surface area (Å²) in [6.45, 7) is 1.46. The molecule has 1 aliphatic heterocycles. The van der Waals surface area contributed by atoms with Crippen LogP contribution in [-0.2, 0) is 19.1 Å². The number of methoxy groups -OCH3 is 2. The maximum Gasteiger partial charge on any atom is 0.312 e. The summed E-state index contributed by atoms with van der Waals surface area (Å²) in [7, 11) is 2.84. The molecule has 0 aliphatic carbocycles. The SMILES string of the molecule is COc1ccc([N+](=O)[O-])cc1NC(=O)C(C)OC(=O)C1CC(=O)N(c2ccccc2OC)C1. The van der Waals surface area contributed by atoms with Gasteiger partial charge in [-0.1, -0.05) is 12.1 Å². The Hall–Kier alpha value is -4.15. The Morgan fingerprint density at radius 2 is 1.85 bits per heavy atom. The van der Waals surface area contributed by atoms with Crippen molar-refractivity contribution in [1.82, 2.24) is 0 Å². The highest BCUT2D eigenvalue weighted by atomic mass is 16.6. The summed E-state index contributed by atoms with van der Waals surface area (Å²) < 4.78 is 15.7. The van der Waals surface area contributed by atoms with Crippen LogP contribution in [0.1, 0.15) is 13.3 Å². The van der Waals surface area contributed by atoms with E-state index in [-0.39, 0.29) is 36.0 Å². The molecule has 1 N–H and O–H groups in total. The van der Waals surface area contributed by atoms with Crippen LogP contribution in [0.5, 0.6) is 11.5 Å². The fourth-order valence-corrected chi connectivity index (χ4v) is 3.42. The van der Waals surface area contributed by atoms with Crippen LogP contribution in [0, 0.1) is 16.0 Å². The lowest BCUT2D eigenvalue weighted by Gasteiger charge is -2.20. The molecule has 3 rings (SSSR count). The first kappa shape index (κ1) is 23.5. The van der Waals surface area contributed by atoms with Gasteiger partial charge in [0.15, 0.2) is 6.10 Å². The number of anilines is 2. The highest BCUT2D eigenvalue weighted by Gasteiger charge is 2.38. The second-order valence-electron chi connectivity index (χ2n) is 7.29. The van der Waals surface area contributed by atoms with E-state index in [4.69, 9.17) is 14.2 Å². The van der Waals surface area contributed by atoms with Gasteiger partial charge in [-0.3, -0.25) is 24.5 Å². The van der Waals surface area contributed by atoms with Gasteiger partial charge in [-0.25, -0.2) is 0 Å². The van der Waals surface area contributed by atoms with Gasteiger partial charge in [-0.15, -0.1) is 0 Å². The van der Waals surface area contributed by atoms with E-state index in [9.17, 15) is 24.5 Å². The van der Waals surface area contributed by atoms with E-state index >= 15 is 0 Å². The van der Waals surface area contributed by atoms with Crippen LogP contribution in [0.15, 0.2) is 42.5 Å². The van der Waals surface area contributed by atoms with Gasteiger partial charge in [0.05, 0.1) is 36.4 Å². The minimum absolute atomic E-state index is 0.0656. The van der Waals surface area contributed by atoms with Crippen molar-refractivity contribution in [3.8, 4) is 11.5 Å². The van der Waals surface area contributed by atoms with Crippen LogP contribution >= 0.6 is 0 Å². The van der Waals surface area contributed by atoms with E-state index in [0.717, 1.165) is 6.07 Å². The molecule has 2 aromatic carbocycles. The molecule has 0 radical (unpaired) electrons. The van der Waals surface area contributed by atoms with Gasteiger partial charge >= 0.3 is 5.97 Å². The molecule has 0 spiro atoms. The molecule has 1 aliphatic rings. The lowest BCUT2D eigenvalue weighted by atomic mass is 10.1. The number of hydrogen-bond donors (Lipinski definition) is 1. The molecule has 0 aromatic heterocycles. The summed E-state index contributed by atoms with van der Waals surface area (Å²) in [6.07, 6.45) is -1.28. The maximum atomic E-state index is 12.6. The number of nitrogens with zero attached hydrogens (tertiary/aromatic N) is 2. The van der Waals surface area contributed by atoms with Crippen LogP contribution in [0.4, 0.5) is 17.1 Å². The third kappa shape index (κ3) is 5.20. The van der Waals surface area contributed by atoms with E-state index in [1.165, 1.54) is 38.2 Å². The van der Waals surface area contributed by atoms with Gasteiger partial charge < -0.3 is 24.4 Å². The molecule has 0 bridgehead atoms. The molecule has 0 saturated carbocycles. The Morgan fingerprint density at radius 3 is 2.52 bits per heavy atom. The highest BCUT2D eigenvalue weighted by molar-refractivity contribution is 6.01. The molecule has 1 saturated heterocycles. The van der Waals surface area contributed by atoms with Gasteiger partial charge in [-0.05, 0) is 25.1 Å². The Kier molecular flexibility index (Phi) is 7.11. The fraction of sp³-hybridized carbons (Fsp3) is 0.318. The van der Waals surface area contributed by atoms with Crippen molar-refractivity contribution in [2.75, 3.05) is 31.0 Å². The van der Waals surface area contributed by atoms with Crippen molar-refractivity contribution in [1.29, 1.82) is 0 Å². The van der Waals surface area contributed by atoms with E-state index < -0.39 is 28.8 Å². The maximum absolute atomic E-state index is 12.6. The van der Waals surface area contributed by atoms with Crippen molar-refractivity contribution in [3.63, 3.8) is 0 Å². The van der Waals surface area contributed by atoms with Crippen LogP contribution in [0.2, 0.25) is 0 Å². The van der Waals surface area contributed by atoms with Crippen LogP contribution in [0.3, 0.4) is 0 Å². The third-order valence-electron chi connectivity index (χ3n) is 5.15. The Bertz CT molecular complexity index is 1090. The number of nitro benzene ring substituents is 1. The van der Waals surface area contributed by atoms with Gasteiger partial charge in [0, 0.05) is 25.1 Å². The summed E-state index contributed by atoms with van der Waals surface area (Å²) >= 11 is 0. The number of amides is 2. The monoisotopic (exact) mass is 457 g/mol. The van der Waals surface area contributed by atoms with E-state index in [1.807, 2.05) is 0 Å². The normalized spacial score (nSPS) is 16.2. The smallest absolute Gasteiger partial charge is 0.312 e. The van der Waals surface area contributed by atoms with E-state index in [0.29, 0.717) is 11.4 Å². The summed E-state index contributed by atoms with van der Waals surface area (Å²) in [4.78, 5) is 49.5. The molecule has 11 heteroatoms. The van der Waals surface area contributed by atoms with E-state index in [2.05, 4.69) is 5.32 Å². The molecule has 2 aromatic rings. The predicted molar refractivity (Wildman–Crippen MR) is 117 cm³/mol. The number of esters is 1. The first-order chi connectivity index (χ1) is 15.7. The molecular weight excluding hydrogens is 434 g/mol. The highest BCUT2D eigenvalue weighted by Crippen LogP contribution is 2.33. The second kappa shape index (κ2) is 9.98. The van der Waals surface area contributed by atoms with Crippen molar-refractivity contribution in [2.45, 2.75) is 19.4 Å². The molecule has 11 nitrogen and oxygen atoms in total. The molecule has 2 atom stereocenters.